The molecule has 1 saturated carbocycles. The molecule has 0 bridgehead atoms. The van der Waals surface area contributed by atoms with Gasteiger partial charge in [-0.3, -0.25) is 0 Å². The Hall–Kier alpha value is -0.0200. The maximum atomic E-state index is 9.83. The number of aromatic hydroxyl groups is 1. The molecule has 1 aliphatic carbocycles. The summed E-state index contributed by atoms with van der Waals surface area (Å²) in [4.78, 5) is 0. The van der Waals surface area contributed by atoms with Crippen LogP contribution in [-0.4, -0.2) is 5.11 Å². The first kappa shape index (κ1) is 9.53. The van der Waals surface area contributed by atoms with Crippen molar-refractivity contribution < 1.29 is 5.11 Å². The summed E-state index contributed by atoms with van der Waals surface area (Å²) in [5.74, 6) is 0.392. The summed E-state index contributed by atoms with van der Waals surface area (Å²) in [6, 6.07) is 3.87. The van der Waals surface area contributed by atoms with Crippen molar-refractivity contribution in [2.45, 2.75) is 25.2 Å². The minimum atomic E-state index is 0.205. The van der Waals surface area contributed by atoms with Gasteiger partial charge in [0.25, 0.3) is 0 Å². The first-order valence-corrected chi connectivity index (χ1v) is 5.80. The van der Waals surface area contributed by atoms with E-state index in [4.69, 9.17) is 0 Å². The average molecular weight is 306 g/mol. The predicted octanol–water partition coefficient (Wildman–Crippen LogP) is 3.97. The van der Waals surface area contributed by atoms with Gasteiger partial charge < -0.3 is 5.11 Å². The van der Waals surface area contributed by atoms with Gasteiger partial charge in [0.2, 0.25) is 0 Å². The molecule has 70 valence electrons. The van der Waals surface area contributed by atoms with Gasteiger partial charge in [-0.15, -0.1) is 0 Å². The number of phenols is 1. The average Bonchev–Trinajstić information content (AvgIpc) is 2.77. The second kappa shape index (κ2) is 2.99. The van der Waals surface area contributed by atoms with Crippen molar-refractivity contribution in [3.05, 3.63) is 26.6 Å². The minimum absolute atomic E-state index is 0.205. The fourth-order valence-corrected chi connectivity index (χ4v) is 2.71. The normalized spacial score (nSPS) is 18.7. The zero-order valence-corrected chi connectivity index (χ0v) is 10.4. The maximum Gasteiger partial charge on any atom is 0.133 e. The van der Waals surface area contributed by atoms with Crippen LogP contribution in [-0.2, 0) is 5.41 Å². The highest BCUT2D eigenvalue weighted by Crippen LogP contribution is 2.52. The van der Waals surface area contributed by atoms with Crippen LogP contribution in [0.2, 0.25) is 0 Å². The van der Waals surface area contributed by atoms with Crippen LogP contribution in [0.15, 0.2) is 21.1 Å². The molecule has 1 aliphatic rings. The Bertz CT molecular complexity index is 356. The van der Waals surface area contributed by atoms with Crippen molar-refractivity contribution in [1.29, 1.82) is 0 Å². The second-order valence-electron chi connectivity index (χ2n) is 3.84. The van der Waals surface area contributed by atoms with Crippen LogP contribution < -0.4 is 0 Å². The Balaban J connectivity index is 2.56. The molecule has 0 unspecified atom stereocenters. The van der Waals surface area contributed by atoms with Gasteiger partial charge in [0.05, 0.1) is 4.47 Å². The van der Waals surface area contributed by atoms with Gasteiger partial charge in [-0.05, 0) is 46.3 Å². The number of phenolic OH excluding ortho intramolecular Hbond substituents is 1. The smallest absolute Gasteiger partial charge is 0.133 e. The predicted molar refractivity (Wildman–Crippen MR) is 60.1 cm³/mol. The summed E-state index contributed by atoms with van der Waals surface area (Å²) < 4.78 is 1.78. The topological polar surface area (TPSA) is 20.2 Å². The molecule has 0 aliphatic heterocycles. The lowest BCUT2D eigenvalue weighted by Crippen LogP contribution is -2.00. The molecule has 3 heteroatoms. The van der Waals surface area contributed by atoms with Gasteiger partial charge in [-0.25, -0.2) is 0 Å². The van der Waals surface area contributed by atoms with E-state index in [1.807, 2.05) is 12.1 Å². The molecule has 0 aromatic heterocycles. The molecule has 0 atom stereocenters. The van der Waals surface area contributed by atoms with Crippen molar-refractivity contribution in [3.63, 3.8) is 0 Å². The quantitative estimate of drug-likeness (QED) is 0.832. The number of halogens is 2. The van der Waals surface area contributed by atoms with E-state index in [-0.39, 0.29) is 5.41 Å². The number of rotatable bonds is 1. The van der Waals surface area contributed by atoms with Gasteiger partial charge in [-0.2, -0.15) is 0 Å². The number of hydrogen-bond acceptors (Lipinski definition) is 1. The summed E-state index contributed by atoms with van der Waals surface area (Å²) in [6.07, 6.45) is 2.34. The molecule has 0 radical (unpaired) electrons. The molecule has 1 fully saturated rings. The molecule has 0 saturated heterocycles. The van der Waals surface area contributed by atoms with Crippen LogP contribution in [0.1, 0.15) is 25.3 Å². The fraction of sp³-hybridized carbons (Fsp3) is 0.400. The molecule has 1 aromatic rings. The molecule has 1 aromatic carbocycles. The second-order valence-corrected chi connectivity index (χ2v) is 5.61. The van der Waals surface area contributed by atoms with Gasteiger partial charge >= 0.3 is 0 Å². The van der Waals surface area contributed by atoms with E-state index in [0.29, 0.717) is 5.75 Å². The fourth-order valence-electron chi connectivity index (χ4n) is 1.48. The lowest BCUT2D eigenvalue weighted by molar-refractivity contribution is 0.458. The third kappa shape index (κ3) is 1.64. The highest BCUT2D eigenvalue weighted by molar-refractivity contribution is 9.11. The monoisotopic (exact) mass is 304 g/mol. The third-order valence-electron chi connectivity index (χ3n) is 2.68. The number of benzene rings is 1. The van der Waals surface area contributed by atoms with Crippen LogP contribution >= 0.6 is 31.9 Å². The van der Waals surface area contributed by atoms with Crippen LogP contribution in [0.4, 0.5) is 0 Å². The summed E-state index contributed by atoms with van der Waals surface area (Å²) in [6.45, 7) is 2.18. The zero-order chi connectivity index (χ0) is 9.64. The van der Waals surface area contributed by atoms with Gasteiger partial charge in [0.1, 0.15) is 5.75 Å². The first-order valence-electron chi connectivity index (χ1n) is 4.21. The van der Waals surface area contributed by atoms with Crippen molar-refractivity contribution in [2.75, 3.05) is 0 Å². The Kier molecular flexibility index (Phi) is 2.19. The Morgan fingerprint density at radius 1 is 1.31 bits per heavy atom. The van der Waals surface area contributed by atoms with Crippen molar-refractivity contribution in [1.82, 2.24) is 0 Å². The molecular formula is C10H10Br2O. The van der Waals surface area contributed by atoms with E-state index in [1.165, 1.54) is 12.8 Å². The summed E-state index contributed by atoms with van der Waals surface area (Å²) >= 11 is 6.76. The van der Waals surface area contributed by atoms with Crippen molar-refractivity contribution in [3.8, 4) is 5.75 Å². The minimum Gasteiger partial charge on any atom is -0.506 e. The molecule has 0 heterocycles. The highest BCUT2D eigenvalue weighted by Gasteiger charge is 2.41. The maximum absolute atomic E-state index is 9.83. The third-order valence-corrected chi connectivity index (χ3v) is 3.74. The van der Waals surface area contributed by atoms with Gasteiger partial charge in [0.15, 0.2) is 0 Å². The molecule has 0 spiro atoms. The van der Waals surface area contributed by atoms with E-state index in [2.05, 4.69) is 38.8 Å². The summed E-state index contributed by atoms with van der Waals surface area (Å²) in [5.41, 5.74) is 1.25. The Labute approximate surface area is 94.4 Å². The Morgan fingerprint density at radius 2 is 1.92 bits per heavy atom. The van der Waals surface area contributed by atoms with E-state index in [9.17, 15) is 5.11 Å². The van der Waals surface area contributed by atoms with E-state index in [1.54, 1.807) is 0 Å². The Morgan fingerprint density at radius 3 is 2.46 bits per heavy atom. The van der Waals surface area contributed by atoms with Gasteiger partial charge in [-0.1, -0.05) is 22.9 Å². The zero-order valence-electron chi connectivity index (χ0n) is 7.27. The van der Waals surface area contributed by atoms with Gasteiger partial charge in [0, 0.05) is 10.0 Å². The number of hydrogen-bond donors (Lipinski definition) is 1. The SMILES string of the molecule is CC1(c2cc(Br)cc(Br)c2O)CC1. The highest BCUT2D eigenvalue weighted by atomic mass is 79.9. The molecule has 13 heavy (non-hydrogen) atoms. The van der Waals surface area contributed by atoms with Crippen LogP contribution in [0.3, 0.4) is 0 Å². The van der Waals surface area contributed by atoms with Crippen molar-refractivity contribution >= 4 is 31.9 Å². The van der Waals surface area contributed by atoms with E-state index < -0.39 is 0 Å². The first-order chi connectivity index (χ1) is 6.03. The summed E-state index contributed by atoms with van der Waals surface area (Å²) in [5, 5.41) is 9.83. The molecule has 1 N–H and O–H groups in total. The van der Waals surface area contributed by atoms with Crippen LogP contribution in [0.25, 0.3) is 0 Å². The summed E-state index contributed by atoms with van der Waals surface area (Å²) in [7, 11) is 0. The van der Waals surface area contributed by atoms with Crippen LogP contribution in [0.5, 0.6) is 5.75 Å². The van der Waals surface area contributed by atoms with E-state index in [0.717, 1.165) is 14.5 Å². The molecule has 2 rings (SSSR count). The largest absolute Gasteiger partial charge is 0.506 e. The lowest BCUT2D eigenvalue weighted by atomic mass is 9.97. The van der Waals surface area contributed by atoms with Crippen molar-refractivity contribution in [2.24, 2.45) is 0 Å². The molecule has 0 amide bonds. The van der Waals surface area contributed by atoms with E-state index >= 15 is 0 Å². The lowest BCUT2D eigenvalue weighted by Gasteiger charge is -2.12. The molecular weight excluding hydrogens is 296 g/mol. The standard InChI is InChI=1S/C10H10Br2O/c1-10(2-3-10)7-4-6(11)5-8(12)9(7)13/h4-5,13H,2-3H2,1H3. The van der Waals surface area contributed by atoms with Crippen LogP contribution in [0, 0.1) is 0 Å². The molecule has 1 nitrogen and oxygen atoms in total.